The Kier molecular flexibility index (Phi) is 2.50. The summed E-state index contributed by atoms with van der Waals surface area (Å²) in [5.41, 5.74) is 1.33. The maximum absolute atomic E-state index is 6.01. The Morgan fingerprint density at radius 2 is 2.00 bits per heavy atom. The number of nitrogens with zero attached hydrogens (tertiary/aromatic N) is 2. The molecule has 84 valence electrons. The number of halogens is 2. The largest absolute Gasteiger partial charge is 0.454 e. The van der Waals surface area contributed by atoms with Crippen molar-refractivity contribution in [3.8, 4) is 11.5 Å². The summed E-state index contributed by atoms with van der Waals surface area (Å²) < 4.78 is 5.66. The molecular weight excluding hydrogens is 259 g/mol. The normalized spacial score (nSPS) is 10.9. The molecule has 3 aromatic rings. The Bertz CT molecular complexity index is 694. The van der Waals surface area contributed by atoms with E-state index in [9.17, 15) is 0 Å². The van der Waals surface area contributed by atoms with Crippen LogP contribution < -0.4 is 0 Å². The third-order valence-electron chi connectivity index (χ3n) is 2.38. The van der Waals surface area contributed by atoms with E-state index in [-0.39, 0.29) is 0 Å². The number of rotatable bonds is 1. The average Bonchev–Trinajstić information content (AvgIpc) is 2.72. The molecule has 5 heteroatoms. The molecule has 3 nitrogen and oxygen atoms in total. The molecule has 0 radical (unpaired) electrons. The standard InChI is InChI=1S/C12H6Cl2N2O/c13-8-1-2-10-7(3-8)4-11(17-10)12-9(14)5-15-6-16-12/h1-6H. The van der Waals surface area contributed by atoms with E-state index in [1.165, 1.54) is 12.5 Å². The van der Waals surface area contributed by atoms with Gasteiger partial charge < -0.3 is 4.42 Å². The smallest absolute Gasteiger partial charge is 0.155 e. The van der Waals surface area contributed by atoms with Crippen molar-refractivity contribution >= 4 is 34.2 Å². The lowest BCUT2D eigenvalue weighted by Gasteiger charge is -1.96. The Morgan fingerprint density at radius 3 is 2.82 bits per heavy atom. The molecule has 0 aliphatic rings. The molecule has 0 saturated heterocycles. The van der Waals surface area contributed by atoms with Crippen LogP contribution in [0.25, 0.3) is 22.4 Å². The first-order chi connectivity index (χ1) is 8.24. The molecule has 0 aliphatic heterocycles. The second kappa shape index (κ2) is 4.02. The molecular formula is C12H6Cl2N2O. The molecule has 2 aromatic heterocycles. The van der Waals surface area contributed by atoms with Crippen LogP contribution in [0.2, 0.25) is 10.0 Å². The van der Waals surface area contributed by atoms with Gasteiger partial charge in [0.1, 0.15) is 17.6 Å². The number of furan rings is 1. The fraction of sp³-hybridized carbons (Fsp3) is 0. The molecule has 0 spiro atoms. The van der Waals surface area contributed by atoms with Crippen LogP contribution in [-0.2, 0) is 0 Å². The summed E-state index contributed by atoms with van der Waals surface area (Å²) in [5.74, 6) is 0.606. The van der Waals surface area contributed by atoms with Crippen LogP contribution in [0, 0.1) is 0 Å². The molecule has 1 aromatic carbocycles. The summed E-state index contributed by atoms with van der Waals surface area (Å²) in [6.07, 6.45) is 2.96. The summed E-state index contributed by atoms with van der Waals surface area (Å²) in [4.78, 5) is 7.93. The van der Waals surface area contributed by atoms with Gasteiger partial charge in [-0.25, -0.2) is 9.97 Å². The number of aromatic nitrogens is 2. The van der Waals surface area contributed by atoms with Gasteiger partial charge >= 0.3 is 0 Å². The number of benzene rings is 1. The molecule has 0 fully saturated rings. The lowest BCUT2D eigenvalue weighted by atomic mass is 10.2. The van der Waals surface area contributed by atoms with Crippen molar-refractivity contribution < 1.29 is 4.42 Å². The highest BCUT2D eigenvalue weighted by molar-refractivity contribution is 6.33. The number of fused-ring (bicyclic) bond motifs is 1. The van der Waals surface area contributed by atoms with Gasteiger partial charge in [0.05, 0.1) is 5.02 Å². The summed E-state index contributed by atoms with van der Waals surface area (Å²) in [5, 5.41) is 2.04. The highest BCUT2D eigenvalue weighted by atomic mass is 35.5. The summed E-state index contributed by atoms with van der Waals surface area (Å²) >= 11 is 11.9. The van der Waals surface area contributed by atoms with Crippen LogP contribution in [0.5, 0.6) is 0 Å². The molecule has 0 atom stereocenters. The monoisotopic (exact) mass is 264 g/mol. The van der Waals surface area contributed by atoms with Crippen LogP contribution in [-0.4, -0.2) is 9.97 Å². The second-order valence-electron chi connectivity index (χ2n) is 3.51. The van der Waals surface area contributed by atoms with Crippen molar-refractivity contribution in [1.29, 1.82) is 0 Å². The zero-order chi connectivity index (χ0) is 11.8. The van der Waals surface area contributed by atoms with Gasteiger partial charge in [0.25, 0.3) is 0 Å². The lowest BCUT2D eigenvalue weighted by Crippen LogP contribution is -1.83. The summed E-state index contributed by atoms with van der Waals surface area (Å²) in [6, 6.07) is 7.28. The third-order valence-corrected chi connectivity index (χ3v) is 2.89. The van der Waals surface area contributed by atoms with Crippen LogP contribution in [0.15, 0.2) is 41.2 Å². The van der Waals surface area contributed by atoms with Crippen molar-refractivity contribution in [1.82, 2.24) is 9.97 Å². The second-order valence-corrected chi connectivity index (χ2v) is 4.36. The van der Waals surface area contributed by atoms with E-state index in [0.717, 1.165) is 11.0 Å². The van der Waals surface area contributed by atoms with Crippen LogP contribution in [0.3, 0.4) is 0 Å². The first-order valence-corrected chi connectivity index (χ1v) is 5.64. The van der Waals surface area contributed by atoms with E-state index in [2.05, 4.69) is 9.97 Å². The molecule has 2 heterocycles. The SMILES string of the molecule is Clc1ccc2oc(-c3ncncc3Cl)cc2c1. The third kappa shape index (κ3) is 1.88. The maximum Gasteiger partial charge on any atom is 0.155 e. The first kappa shape index (κ1) is 10.6. The molecule has 0 N–H and O–H groups in total. The van der Waals surface area contributed by atoms with Crippen molar-refractivity contribution in [3.05, 3.63) is 46.8 Å². The van der Waals surface area contributed by atoms with E-state index in [4.69, 9.17) is 27.6 Å². The van der Waals surface area contributed by atoms with E-state index in [1.54, 1.807) is 6.07 Å². The Hall–Kier alpha value is -1.58. The Balaban J connectivity index is 2.22. The zero-order valence-electron chi connectivity index (χ0n) is 8.52. The van der Waals surface area contributed by atoms with Gasteiger partial charge in [-0.3, -0.25) is 0 Å². The highest BCUT2D eigenvalue weighted by Crippen LogP contribution is 2.31. The maximum atomic E-state index is 6.01. The first-order valence-electron chi connectivity index (χ1n) is 4.89. The number of hydrogen-bond donors (Lipinski definition) is 0. The lowest BCUT2D eigenvalue weighted by molar-refractivity contribution is 0.628. The molecule has 0 unspecified atom stereocenters. The van der Waals surface area contributed by atoms with Crippen molar-refractivity contribution in [2.75, 3.05) is 0 Å². The quantitative estimate of drug-likeness (QED) is 0.662. The van der Waals surface area contributed by atoms with E-state index < -0.39 is 0 Å². The van der Waals surface area contributed by atoms with Crippen molar-refractivity contribution in [3.63, 3.8) is 0 Å². The van der Waals surface area contributed by atoms with Gasteiger partial charge in [-0.1, -0.05) is 23.2 Å². The Morgan fingerprint density at radius 1 is 1.12 bits per heavy atom. The summed E-state index contributed by atoms with van der Waals surface area (Å²) in [7, 11) is 0. The fourth-order valence-corrected chi connectivity index (χ4v) is 2.00. The van der Waals surface area contributed by atoms with Crippen LogP contribution in [0.4, 0.5) is 0 Å². The predicted molar refractivity (Wildman–Crippen MR) is 67.3 cm³/mol. The van der Waals surface area contributed by atoms with Crippen LogP contribution >= 0.6 is 23.2 Å². The minimum atomic E-state index is 0.456. The minimum Gasteiger partial charge on any atom is -0.454 e. The molecule has 0 amide bonds. The predicted octanol–water partition coefficient (Wildman–Crippen LogP) is 4.20. The highest BCUT2D eigenvalue weighted by Gasteiger charge is 2.11. The van der Waals surface area contributed by atoms with Gasteiger partial charge in [-0.15, -0.1) is 0 Å². The van der Waals surface area contributed by atoms with Crippen LogP contribution in [0.1, 0.15) is 0 Å². The van der Waals surface area contributed by atoms with Gasteiger partial charge in [0.15, 0.2) is 5.76 Å². The fourth-order valence-electron chi connectivity index (χ4n) is 1.62. The van der Waals surface area contributed by atoms with Crippen molar-refractivity contribution in [2.45, 2.75) is 0 Å². The van der Waals surface area contributed by atoms with Gasteiger partial charge in [0, 0.05) is 16.6 Å². The van der Waals surface area contributed by atoms with Crippen molar-refractivity contribution in [2.24, 2.45) is 0 Å². The molecule has 3 rings (SSSR count). The molecule has 0 saturated carbocycles. The topological polar surface area (TPSA) is 38.9 Å². The van der Waals surface area contributed by atoms with Gasteiger partial charge in [0.2, 0.25) is 0 Å². The summed E-state index contributed by atoms with van der Waals surface area (Å²) in [6.45, 7) is 0. The van der Waals surface area contributed by atoms with E-state index in [1.807, 2.05) is 18.2 Å². The molecule has 0 bridgehead atoms. The zero-order valence-corrected chi connectivity index (χ0v) is 10.0. The number of hydrogen-bond acceptors (Lipinski definition) is 3. The van der Waals surface area contributed by atoms with Gasteiger partial charge in [-0.05, 0) is 24.3 Å². The Labute approximate surface area is 107 Å². The molecule has 0 aliphatic carbocycles. The van der Waals surface area contributed by atoms with E-state index in [0.29, 0.717) is 21.5 Å². The van der Waals surface area contributed by atoms with Gasteiger partial charge in [-0.2, -0.15) is 0 Å². The molecule has 17 heavy (non-hydrogen) atoms. The average molecular weight is 265 g/mol. The minimum absolute atomic E-state index is 0.456. The van der Waals surface area contributed by atoms with E-state index >= 15 is 0 Å².